The molecule has 2 aromatic rings. The first-order valence-corrected chi connectivity index (χ1v) is 9.56. The van der Waals surface area contributed by atoms with E-state index in [1.54, 1.807) is 0 Å². The third-order valence-corrected chi connectivity index (χ3v) is 9.82. The van der Waals surface area contributed by atoms with Crippen LogP contribution in [0.5, 0.6) is 0 Å². The van der Waals surface area contributed by atoms with Crippen LogP contribution in [0.25, 0.3) is 0 Å². The average Bonchev–Trinajstić information content (AvgIpc) is 2.87. The number of carbonyl (C=O) groups excluding carboxylic acids is 1. The van der Waals surface area contributed by atoms with Crippen LogP contribution in [-0.4, -0.2) is 17.7 Å². The highest BCUT2D eigenvalue weighted by Gasteiger charge is 2.87. The third kappa shape index (κ3) is 1.56. The highest BCUT2D eigenvalue weighted by Crippen LogP contribution is 2.82. The van der Waals surface area contributed by atoms with Gasteiger partial charge in [0.25, 0.3) is 0 Å². The van der Waals surface area contributed by atoms with Crippen molar-refractivity contribution in [2.24, 2.45) is 11.3 Å². The van der Waals surface area contributed by atoms with E-state index in [1.807, 2.05) is 74.5 Å². The topological polar surface area (TPSA) is 43.4 Å². The van der Waals surface area contributed by atoms with Gasteiger partial charge in [0.1, 0.15) is 5.16 Å². The Bertz CT molecular complexity index is 770. The molecule has 2 aliphatic rings. The standard InChI is InChI=1S/C19H19O3P/c1-18(2)16-13-22-17(20)19(16,18)23(21,14-9-5-3-6-10-14)15-11-7-4-8-12-15/h3-12,16H,13H2,1-2H3/t16-,19-/m0/s1. The zero-order chi connectivity index (χ0) is 16.3. The fraction of sp³-hybridized carbons (Fsp3) is 0.316. The van der Waals surface area contributed by atoms with E-state index in [-0.39, 0.29) is 17.3 Å². The van der Waals surface area contributed by atoms with E-state index in [0.29, 0.717) is 6.61 Å². The number of rotatable bonds is 3. The van der Waals surface area contributed by atoms with Crippen molar-refractivity contribution in [3.63, 3.8) is 0 Å². The number of benzene rings is 2. The van der Waals surface area contributed by atoms with Crippen LogP contribution in [0.4, 0.5) is 0 Å². The molecule has 0 aromatic heterocycles. The maximum absolute atomic E-state index is 14.5. The maximum atomic E-state index is 14.5. The molecule has 4 rings (SSSR count). The Hall–Kier alpha value is -1.86. The van der Waals surface area contributed by atoms with Crippen LogP contribution < -0.4 is 10.6 Å². The summed E-state index contributed by atoms with van der Waals surface area (Å²) in [5, 5.41) is 0.546. The van der Waals surface area contributed by atoms with Crippen molar-refractivity contribution in [1.29, 1.82) is 0 Å². The van der Waals surface area contributed by atoms with Crippen LogP contribution in [0.15, 0.2) is 60.7 Å². The molecule has 0 bridgehead atoms. The molecule has 0 N–H and O–H groups in total. The number of fused-ring (bicyclic) bond motifs is 1. The van der Waals surface area contributed by atoms with Crippen molar-refractivity contribution in [3.8, 4) is 0 Å². The van der Waals surface area contributed by atoms with E-state index in [4.69, 9.17) is 4.74 Å². The predicted octanol–water partition coefficient (Wildman–Crippen LogP) is 2.95. The smallest absolute Gasteiger partial charge is 0.321 e. The van der Waals surface area contributed by atoms with Gasteiger partial charge in [-0.25, -0.2) is 0 Å². The minimum Gasteiger partial charge on any atom is -0.465 e. The lowest BCUT2D eigenvalue weighted by molar-refractivity contribution is -0.141. The second-order valence-corrected chi connectivity index (χ2v) is 9.88. The van der Waals surface area contributed by atoms with Gasteiger partial charge in [0.15, 0.2) is 7.14 Å². The van der Waals surface area contributed by atoms with Crippen molar-refractivity contribution in [3.05, 3.63) is 60.7 Å². The van der Waals surface area contributed by atoms with E-state index >= 15 is 0 Å². The highest BCUT2D eigenvalue weighted by atomic mass is 31.2. The second kappa shape index (κ2) is 4.58. The normalized spacial score (nSPS) is 28.1. The Kier molecular flexibility index (Phi) is 2.93. The molecule has 4 heteroatoms. The zero-order valence-electron chi connectivity index (χ0n) is 13.2. The molecule has 1 saturated heterocycles. The molecule has 0 amide bonds. The Morgan fingerprint density at radius 3 is 1.83 bits per heavy atom. The fourth-order valence-corrected chi connectivity index (χ4v) is 8.79. The summed E-state index contributed by atoms with van der Waals surface area (Å²) in [6, 6.07) is 18.8. The van der Waals surface area contributed by atoms with Crippen molar-refractivity contribution in [2.45, 2.75) is 19.0 Å². The third-order valence-electron chi connectivity index (χ3n) is 5.70. The number of hydrogen-bond donors (Lipinski definition) is 0. The SMILES string of the molecule is CC1(C)[C@@H]2COC(=O)[C@@]21P(=O)(c1ccccc1)c1ccccc1. The molecular weight excluding hydrogens is 307 g/mol. The molecule has 0 unspecified atom stereocenters. The Balaban J connectivity index is 2.03. The minimum absolute atomic E-state index is 0.00810. The summed E-state index contributed by atoms with van der Waals surface area (Å²) in [5.41, 5.74) is -0.316. The van der Waals surface area contributed by atoms with E-state index in [1.165, 1.54) is 0 Å². The van der Waals surface area contributed by atoms with Crippen LogP contribution in [0.1, 0.15) is 13.8 Å². The van der Waals surface area contributed by atoms with Gasteiger partial charge in [-0.15, -0.1) is 0 Å². The summed E-state index contributed by atoms with van der Waals surface area (Å²) in [7, 11) is -3.16. The van der Waals surface area contributed by atoms with Gasteiger partial charge in [-0.05, 0) is 5.41 Å². The molecule has 2 atom stereocenters. The fourth-order valence-electron chi connectivity index (χ4n) is 4.44. The summed E-state index contributed by atoms with van der Waals surface area (Å²) in [6.07, 6.45) is 0. The second-order valence-electron chi connectivity index (χ2n) is 6.92. The first-order valence-electron chi connectivity index (χ1n) is 7.86. The number of carbonyl (C=O) groups is 1. The molecule has 1 heterocycles. The van der Waals surface area contributed by atoms with E-state index in [2.05, 4.69) is 0 Å². The number of cyclic esters (lactones) is 1. The van der Waals surface area contributed by atoms with Crippen LogP contribution in [0, 0.1) is 11.3 Å². The first kappa shape index (κ1) is 14.7. The summed E-state index contributed by atoms with van der Waals surface area (Å²) in [4.78, 5) is 12.8. The Morgan fingerprint density at radius 1 is 0.957 bits per heavy atom. The molecule has 0 radical (unpaired) electrons. The maximum Gasteiger partial charge on any atom is 0.321 e. The van der Waals surface area contributed by atoms with Crippen molar-refractivity contribution in [1.82, 2.24) is 0 Å². The molecule has 1 aliphatic heterocycles. The van der Waals surface area contributed by atoms with Crippen LogP contribution in [0.2, 0.25) is 0 Å². The van der Waals surface area contributed by atoms with Crippen molar-refractivity contribution in [2.75, 3.05) is 6.61 Å². The summed E-state index contributed by atoms with van der Waals surface area (Å²) in [6.45, 7) is 4.45. The lowest BCUT2D eigenvalue weighted by Gasteiger charge is -2.28. The zero-order valence-corrected chi connectivity index (χ0v) is 14.1. The van der Waals surface area contributed by atoms with Gasteiger partial charge in [-0.2, -0.15) is 0 Å². The molecule has 1 saturated carbocycles. The van der Waals surface area contributed by atoms with Gasteiger partial charge >= 0.3 is 5.97 Å². The van der Waals surface area contributed by atoms with Crippen molar-refractivity contribution < 1.29 is 14.1 Å². The molecule has 0 spiro atoms. The largest absolute Gasteiger partial charge is 0.465 e. The van der Waals surface area contributed by atoms with Crippen LogP contribution in [0.3, 0.4) is 0 Å². The quantitative estimate of drug-likeness (QED) is 0.643. The van der Waals surface area contributed by atoms with Gasteiger partial charge in [0, 0.05) is 16.5 Å². The molecule has 2 fully saturated rings. The van der Waals surface area contributed by atoms with Crippen LogP contribution in [-0.2, 0) is 14.1 Å². The Labute approximate surface area is 136 Å². The molecule has 1 aliphatic carbocycles. The van der Waals surface area contributed by atoms with E-state index in [0.717, 1.165) is 10.6 Å². The summed E-state index contributed by atoms with van der Waals surface area (Å²) < 4.78 is 19.8. The lowest BCUT2D eigenvalue weighted by Crippen LogP contribution is -2.36. The number of hydrogen-bond acceptors (Lipinski definition) is 3. The monoisotopic (exact) mass is 326 g/mol. The number of esters is 1. The molecule has 23 heavy (non-hydrogen) atoms. The average molecular weight is 326 g/mol. The van der Waals surface area contributed by atoms with E-state index < -0.39 is 12.3 Å². The summed E-state index contributed by atoms with van der Waals surface area (Å²) >= 11 is 0. The molecular formula is C19H19O3P. The molecule has 3 nitrogen and oxygen atoms in total. The van der Waals surface area contributed by atoms with E-state index in [9.17, 15) is 9.36 Å². The first-order chi connectivity index (χ1) is 11.0. The van der Waals surface area contributed by atoms with Gasteiger partial charge in [-0.3, -0.25) is 4.79 Å². The minimum atomic E-state index is -3.16. The number of ether oxygens (including phenoxy) is 1. The molecule has 118 valence electrons. The van der Waals surface area contributed by atoms with Crippen molar-refractivity contribution >= 4 is 23.7 Å². The summed E-state index contributed by atoms with van der Waals surface area (Å²) in [5.74, 6) is -0.294. The lowest BCUT2D eigenvalue weighted by atomic mass is 10.1. The van der Waals surface area contributed by atoms with Gasteiger partial charge in [-0.1, -0.05) is 74.5 Å². The predicted molar refractivity (Wildman–Crippen MR) is 90.7 cm³/mol. The molecule has 2 aromatic carbocycles. The van der Waals surface area contributed by atoms with Gasteiger partial charge < -0.3 is 9.30 Å². The van der Waals surface area contributed by atoms with Gasteiger partial charge in [0.05, 0.1) is 6.61 Å². The Morgan fingerprint density at radius 2 is 1.43 bits per heavy atom. The van der Waals surface area contributed by atoms with Gasteiger partial charge in [0.2, 0.25) is 0 Å². The highest BCUT2D eigenvalue weighted by molar-refractivity contribution is 7.81. The van der Waals surface area contributed by atoms with Crippen LogP contribution >= 0.6 is 7.14 Å².